The summed E-state index contributed by atoms with van der Waals surface area (Å²) in [7, 11) is 0. The highest BCUT2D eigenvalue weighted by molar-refractivity contribution is 9.09. The molecule has 1 aromatic carbocycles. The molecule has 0 saturated heterocycles. The summed E-state index contributed by atoms with van der Waals surface area (Å²) in [6, 6.07) is 7.87. The lowest BCUT2D eigenvalue weighted by Crippen LogP contribution is -2.29. The minimum atomic E-state index is 0.0164. The van der Waals surface area contributed by atoms with Gasteiger partial charge in [-0.3, -0.25) is 4.79 Å². The highest BCUT2D eigenvalue weighted by Gasteiger charge is 2.24. The van der Waals surface area contributed by atoms with E-state index >= 15 is 0 Å². The Kier molecular flexibility index (Phi) is 4.42. The van der Waals surface area contributed by atoms with Gasteiger partial charge in [0, 0.05) is 17.3 Å². The molecule has 1 unspecified atom stereocenters. The average molecular weight is 298 g/mol. The van der Waals surface area contributed by atoms with Gasteiger partial charge in [0.05, 0.1) is 6.04 Å². The first-order chi connectivity index (χ1) is 8.31. The van der Waals surface area contributed by atoms with E-state index in [-0.39, 0.29) is 11.9 Å². The number of amides is 1. The van der Waals surface area contributed by atoms with Crippen LogP contribution >= 0.6 is 15.9 Å². The molecule has 0 saturated carbocycles. The maximum atomic E-state index is 11.7. The van der Waals surface area contributed by atoms with Crippen molar-refractivity contribution in [1.29, 1.82) is 0 Å². The van der Waals surface area contributed by atoms with Gasteiger partial charge in [-0.05, 0) is 18.9 Å². The lowest BCUT2D eigenvalue weighted by molar-refractivity contribution is -0.122. The maximum absolute atomic E-state index is 11.7. The summed E-state index contributed by atoms with van der Waals surface area (Å²) < 4.78 is 5.52. The van der Waals surface area contributed by atoms with Crippen LogP contribution in [0, 0.1) is 0 Å². The Morgan fingerprint density at radius 1 is 1.41 bits per heavy atom. The fourth-order valence-corrected chi connectivity index (χ4v) is 2.33. The van der Waals surface area contributed by atoms with Gasteiger partial charge in [-0.15, -0.1) is 0 Å². The number of rotatable bonds is 5. The number of hydrogen-bond acceptors (Lipinski definition) is 2. The van der Waals surface area contributed by atoms with Crippen molar-refractivity contribution in [2.45, 2.75) is 25.3 Å². The zero-order valence-corrected chi connectivity index (χ0v) is 11.2. The number of carbonyl (C=O) groups is 1. The summed E-state index contributed by atoms with van der Waals surface area (Å²) in [5.74, 6) is 0.995. The van der Waals surface area contributed by atoms with E-state index in [0.717, 1.165) is 29.5 Å². The molecule has 0 radical (unpaired) electrons. The topological polar surface area (TPSA) is 38.3 Å². The number of benzene rings is 1. The third-order valence-electron chi connectivity index (χ3n) is 2.82. The van der Waals surface area contributed by atoms with Crippen molar-refractivity contribution in [3.05, 3.63) is 29.8 Å². The lowest BCUT2D eigenvalue weighted by atomic mass is 10.1. The van der Waals surface area contributed by atoms with Gasteiger partial charge >= 0.3 is 0 Å². The van der Waals surface area contributed by atoms with Gasteiger partial charge in [0.15, 0.2) is 0 Å². The monoisotopic (exact) mass is 297 g/mol. The predicted molar refractivity (Wildman–Crippen MR) is 70.5 cm³/mol. The number of para-hydroxylation sites is 1. The molecule has 0 fully saturated rings. The van der Waals surface area contributed by atoms with Crippen LogP contribution in [0.25, 0.3) is 0 Å². The Labute approximate surface area is 110 Å². The second kappa shape index (κ2) is 6.05. The van der Waals surface area contributed by atoms with Crippen LogP contribution in [0.15, 0.2) is 24.3 Å². The van der Waals surface area contributed by atoms with Crippen LogP contribution in [-0.2, 0) is 4.79 Å². The molecule has 1 N–H and O–H groups in total. The quantitative estimate of drug-likeness (QED) is 0.670. The van der Waals surface area contributed by atoms with Crippen LogP contribution in [0.1, 0.15) is 30.9 Å². The van der Waals surface area contributed by atoms with Gasteiger partial charge in [-0.1, -0.05) is 34.1 Å². The van der Waals surface area contributed by atoms with Gasteiger partial charge in [0.2, 0.25) is 5.91 Å². The van der Waals surface area contributed by atoms with Crippen molar-refractivity contribution >= 4 is 21.8 Å². The molecule has 0 bridgehead atoms. The molecule has 0 aromatic heterocycles. The first-order valence-electron chi connectivity index (χ1n) is 5.88. The number of ether oxygens (including phenoxy) is 1. The highest BCUT2D eigenvalue weighted by atomic mass is 79.9. The summed E-state index contributed by atoms with van der Waals surface area (Å²) >= 11 is 3.36. The molecule has 0 spiro atoms. The third-order valence-corrected chi connectivity index (χ3v) is 3.38. The Bertz CT molecular complexity index is 395. The maximum Gasteiger partial charge on any atom is 0.220 e. The van der Waals surface area contributed by atoms with Crippen molar-refractivity contribution in [3.8, 4) is 5.75 Å². The lowest BCUT2D eigenvalue weighted by Gasteiger charge is -2.11. The van der Waals surface area contributed by atoms with Crippen molar-refractivity contribution in [2.24, 2.45) is 0 Å². The van der Waals surface area contributed by atoms with Gasteiger partial charge in [0.25, 0.3) is 0 Å². The standard InChI is InChI=1S/C13H16BrNO2/c14-8-4-3-7-13(16)15-11-9-17-12-6-2-1-5-10(11)12/h1-2,5-6,11H,3-4,7-9H2,(H,15,16). The zero-order chi connectivity index (χ0) is 12.1. The van der Waals surface area contributed by atoms with Crippen molar-refractivity contribution in [1.82, 2.24) is 5.32 Å². The number of hydrogen-bond donors (Lipinski definition) is 1. The zero-order valence-electron chi connectivity index (χ0n) is 9.62. The smallest absolute Gasteiger partial charge is 0.220 e. The Morgan fingerprint density at radius 3 is 3.06 bits per heavy atom. The van der Waals surface area contributed by atoms with E-state index in [2.05, 4.69) is 21.2 Å². The van der Waals surface area contributed by atoms with Gasteiger partial charge in [-0.2, -0.15) is 0 Å². The fourth-order valence-electron chi connectivity index (χ4n) is 1.93. The molecule has 4 heteroatoms. The number of fused-ring (bicyclic) bond motifs is 1. The van der Waals surface area contributed by atoms with Crippen molar-refractivity contribution in [3.63, 3.8) is 0 Å². The highest BCUT2D eigenvalue weighted by Crippen LogP contribution is 2.31. The van der Waals surface area contributed by atoms with Gasteiger partial charge < -0.3 is 10.1 Å². The van der Waals surface area contributed by atoms with E-state index < -0.39 is 0 Å². The van der Waals surface area contributed by atoms with E-state index in [4.69, 9.17) is 4.74 Å². The normalized spacial score (nSPS) is 17.4. The number of alkyl halides is 1. The van der Waals surface area contributed by atoms with E-state index in [1.165, 1.54) is 0 Å². The molecular formula is C13H16BrNO2. The van der Waals surface area contributed by atoms with Crippen LogP contribution in [0.4, 0.5) is 0 Å². The minimum Gasteiger partial charge on any atom is -0.491 e. The van der Waals surface area contributed by atoms with E-state index in [9.17, 15) is 4.79 Å². The molecule has 92 valence electrons. The van der Waals surface area contributed by atoms with Crippen LogP contribution < -0.4 is 10.1 Å². The summed E-state index contributed by atoms with van der Waals surface area (Å²) in [5.41, 5.74) is 1.08. The summed E-state index contributed by atoms with van der Waals surface area (Å²) in [5, 5.41) is 3.97. The van der Waals surface area contributed by atoms with Crippen LogP contribution in [0.5, 0.6) is 5.75 Å². The molecule has 3 nitrogen and oxygen atoms in total. The summed E-state index contributed by atoms with van der Waals surface area (Å²) in [4.78, 5) is 11.7. The Morgan fingerprint density at radius 2 is 2.24 bits per heavy atom. The predicted octanol–water partition coefficient (Wildman–Crippen LogP) is 2.80. The molecular weight excluding hydrogens is 282 g/mol. The summed E-state index contributed by atoms with van der Waals surface area (Å²) in [6.45, 7) is 0.545. The van der Waals surface area contributed by atoms with Crippen LogP contribution in [0.3, 0.4) is 0 Å². The van der Waals surface area contributed by atoms with Crippen LogP contribution in [0.2, 0.25) is 0 Å². The molecule has 1 aliphatic rings. The first-order valence-corrected chi connectivity index (χ1v) is 7.00. The number of halogens is 1. The molecule has 1 amide bonds. The van der Waals surface area contributed by atoms with Crippen molar-refractivity contribution < 1.29 is 9.53 Å². The van der Waals surface area contributed by atoms with E-state index in [1.807, 2.05) is 24.3 Å². The largest absolute Gasteiger partial charge is 0.491 e. The van der Waals surface area contributed by atoms with E-state index in [0.29, 0.717) is 13.0 Å². The first kappa shape index (κ1) is 12.4. The molecule has 1 heterocycles. The van der Waals surface area contributed by atoms with Crippen LogP contribution in [-0.4, -0.2) is 17.8 Å². The minimum absolute atomic E-state index is 0.0164. The number of carbonyl (C=O) groups excluding carboxylic acids is 1. The van der Waals surface area contributed by atoms with E-state index in [1.54, 1.807) is 0 Å². The molecule has 1 aliphatic heterocycles. The number of nitrogens with one attached hydrogen (secondary N) is 1. The second-order valence-corrected chi connectivity index (χ2v) is 4.91. The summed E-state index contributed by atoms with van der Waals surface area (Å²) in [6.07, 6.45) is 2.54. The van der Waals surface area contributed by atoms with Gasteiger partial charge in [-0.25, -0.2) is 0 Å². The average Bonchev–Trinajstić information content (AvgIpc) is 2.73. The molecule has 1 aromatic rings. The fraction of sp³-hybridized carbons (Fsp3) is 0.462. The Balaban J connectivity index is 1.87. The second-order valence-electron chi connectivity index (χ2n) is 4.12. The molecule has 1 atom stereocenters. The third kappa shape index (κ3) is 3.22. The molecule has 2 rings (SSSR count). The Hall–Kier alpha value is -1.03. The SMILES string of the molecule is O=C(CCCCBr)NC1COc2ccccc21. The van der Waals surface area contributed by atoms with Gasteiger partial charge in [0.1, 0.15) is 12.4 Å². The number of unbranched alkanes of at least 4 members (excludes halogenated alkanes) is 1. The van der Waals surface area contributed by atoms with Crippen molar-refractivity contribution in [2.75, 3.05) is 11.9 Å². The molecule has 17 heavy (non-hydrogen) atoms. The molecule has 0 aliphatic carbocycles.